The maximum atomic E-state index is 11.9. The van der Waals surface area contributed by atoms with Crippen molar-refractivity contribution < 1.29 is 9.90 Å². The highest BCUT2D eigenvalue weighted by Crippen LogP contribution is 2.24. The SMILES string of the molecule is O=C(CCCn1cncn1)NCC1(O)CCN(c2cnccn2)C1. The Morgan fingerprint density at radius 1 is 1.38 bits per heavy atom. The zero-order valence-corrected chi connectivity index (χ0v) is 13.4. The van der Waals surface area contributed by atoms with Gasteiger partial charge in [-0.05, 0) is 12.8 Å². The average Bonchev–Trinajstić information content (AvgIpc) is 3.24. The van der Waals surface area contributed by atoms with Crippen LogP contribution in [0.5, 0.6) is 0 Å². The molecule has 0 spiro atoms. The van der Waals surface area contributed by atoms with Crippen molar-refractivity contribution in [2.75, 3.05) is 24.5 Å². The monoisotopic (exact) mass is 331 g/mol. The van der Waals surface area contributed by atoms with E-state index in [1.165, 1.54) is 6.33 Å². The first kappa shape index (κ1) is 16.3. The third-order valence-electron chi connectivity index (χ3n) is 4.08. The summed E-state index contributed by atoms with van der Waals surface area (Å²) in [6, 6.07) is 0. The van der Waals surface area contributed by atoms with Crippen LogP contribution in [0.1, 0.15) is 19.3 Å². The Labute approximate surface area is 139 Å². The van der Waals surface area contributed by atoms with Crippen LogP contribution in [0.25, 0.3) is 0 Å². The number of aliphatic hydroxyl groups is 1. The second kappa shape index (κ2) is 7.35. The Kier molecular flexibility index (Phi) is 4.99. The van der Waals surface area contributed by atoms with E-state index in [1.54, 1.807) is 29.6 Å². The van der Waals surface area contributed by atoms with Gasteiger partial charge in [-0.3, -0.25) is 14.5 Å². The summed E-state index contributed by atoms with van der Waals surface area (Å²) < 4.78 is 1.69. The summed E-state index contributed by atoms with van der Waals surface area (Å²) in [5, 5.41) is 17.4. The number of carbonyl (C=O) groups excluding carboxylic acids is 1. The Morgan fingerprint density at radius 3 is 3.04 bits per heavy atom. The van der Waals surface area contributed by atoms with Crippen molar-refractivity contribution in [3.8, 4) is 0 Å². The first-order valence-electron chi connectivity index (χ1n) is 7.97. The molecule has 1 aliphatic heterocycles. The zero-order chi connectivity index (χ0) is 16.8. The van der Waals surface area contributed by atoms with Crippen LogP contribution >= 0.6 is 0 Å². The predicted molar refractivity (Wildman–Crippen MR) is 86.1 cm³/mol. The molecular formula is C15H21N7O2. The summed E-state index contributed by atoms with van der Waals surface area (Å²) in [4.78, 5) is 26.0. The molecule has 2 aromatic heterocycles. The molecule has 3 heterocycles. The highest BCUT2D eigenvalue weighted by atomic mass is 16.3. The van der Waals surface area contributed by atoms with Crippen LogP contribution in [-0.2, 0) is 11.3 Å². The highest BCUT2D eigenvalue weighted by Gasteiger charge is 2.36. The molecule has 0 radical (unpaired) electrons. The smallest absolute Gasteiger partial charge is 0.220 e. The lowest BCUT2D eigenvalue weighted by atomic mass is 10.0. The largest absolute Gasteiger partial charge is 0.386 e. The summed E-state index contributed by atoms with van der Waals surface area (Å²) in [5.74, 6) is 0.675. The Morgan fingerprint density at radius 2 is 2.29 bits per heavy atom. The van der Waals surface area contributed by atoms with Gasteiger partial charge in [0.15, 0.2) is 0 Å². The van der Waals surface area contributed by atoms with Gasteiger partial charge in [-0.25, -0.2) is 9.97 Å². The van der Waals surface area contributed by atoms with Gasteiger partial charge in [0.25, 0.3) is 0 Å². The fraction of sp³-hybridized carbons (Fsp3) is 0.533. The van der Waals surface area contributed by atoms with Crippen molar-refractivity contribution in [2.45, 2.75) is 31.4 Å². The molecule has 1 fully saturated rings. The average molecular weight is 331 g/mol. The van der Waals surface area contributed by atoms with E-state index >= 15 is 0 Å². The van der Waals surface area contributed by atoms with Crippen molar-refractivity contribution in [1.82, 2.24) is 30.0 Å². The van der Waals surface area contributed by atoms with Crippen LogP contribution in [-0.4, -0.2) is 61.0 Å². The van der Waals surface area contributed by atoms with E-state index in [2.05, 4.69) is 25.4 Å². The molecule has 0 bridgehead atoms. The van der Waals surface area contributed by atoms with Gasteiger partial charge in [-0.1, -0.05) is 0 Å². The Balaban J connectivity index is 1.40. The fourth-order valence-corrected chi connectivity index (χ4v) is 2.75. The minimum atomic E-state index is -0.931. The number of hydrogen-bond acceptors (Lipinski definition) is 7. The fourth-order valence-electron chi connectivity index (χ4n) is 2.75. The molecule has 1 aliphatic rings. The number of hydrogen-bond donors (Lipinski definition) is 2. The number of β-amino-alcohol motifs (C(OH)–C–C–N with tert-alkyl or cyclic N) is 1. The predicted octanol–water partition coefficient (Wildman–Crippen LogP) is -0.394. The molecule has 1 saturated heterocycles. The zero-order valence-electron chi connectivity index (χ0n) is 13.4. The van der Waals surface area contributed by atoms with Crippen molar-refractivity contribution in [3.05, 3.63) is 31.2 Å². The molecule has 128 valence electrons. The van der Waals surface area contributed by atoms with E-state index in [0.29, 0.717) is 38.9 Å². The third-order valence-corrected chi connectivity index (χ3v) is 4.08. The van der Waals surface area contributed by atoms with Crippen LogP contribution in [0.15, 0.2) is 31.2 Å². The van der Waals surface area contributed by atoms with Gasteiger partial charge < -0.3 is 15.3 Å². The summed E-state index contributed by atoms with van der Waals surface area (Å²) in [6.07, 6.45) is 9.67. The minimum Gasteiger partial charge on any atom is -0.386 e. The molecule has 3 rings (SSSR count). The molecule has 9 nitrogen and oxygen atoms in total. The third kappa shape index (κ3) is 4.25. The topological polar surface area (TPSA) is 109 Å². The maximum absolute atomic E-state index is 11.9. The lowest BCUT2D eigenvalue weighted by Gasteiger charge is -2.24. The first-order chi connectivity index (χ1) is 11.6. The second-order valence-corrected chi connectivity index (χ2v) is 6.00. The molecule has 9 heteroatoms. The number of anilines is 1. The Bertz CT molecular complexity index is 649. The number of carbonyl (C=O) groups is 1. The molecule has 0 saturated carbocycles. The van der Waals surface area contributed by atoms with Crippen LogP contribution in [0.2, 0.25) is 0 Å². The van der Waals surface area contributed by atoms with Crippen molar-refractivity contribution in [3.63, 3.8) is 0 Å². The molecule has 1 amide bonds. The summed E-state index contributed by atoms with van der Waals surface area (Å²) >= 11 is 0. The number of amides is 1. The van der Waals surface area contributed by atoms with Crippen molar-refractivity contribution in [2.24, 2.45) is 0 Å². The van der Waals surface area contributed by atoms with Crippen LogP contribution in [0, 0.1) is 0 Å². The van der Waals surface area contributed by atoms with E-state index in [9.17, 15) is 9.90 Å². The minimum absolute atomic E-state index is 0.0681. The number of nitrogens with zero attached hydrogens (tertiary/aromatic N) is 6. The quantitative estimate of drug-likeness (QED) is 0.711. The molecule has 0 aromatic carbocycles. The number of nitrogens with one attached hydrogen (secondary N) is 1. The van der Waals surface area contributed by atoms with E-state index < -0.39 is 5.60 Å². The lowest BCUT2D eigenvalue weighted by molar-refractivity contribution is -0.122. The molecule has 0 aliphatic carbocycles. The van der Waals surface area contributed by atoms with Gasteiger partial charge in [0.05, 0.1) is 6.20 Å². The van der Waals surface area contributed by atoms with Gasteiger partial charge >= 0.3 is 0 Å². The van der Waals surface area contributed by atoms with E-state index in [0.717, 1.165) is 5.82 Å². The number of aromatic nitrogens is 5. The van der Waals surface area contributed by atoms with Gasteiger partial charge in [-0.15, -0.1) is 0 Å². The van der Waals surface area contributed by atoms with Crippen LogP contribution < -0.4 is 10.2 Å². The molecule has 1 atom stereocenters. The van der Waals surface area contributed by atoms with E-state index in [-0.39, 0.29) is 12.5 Å². The van der Waals surface area contributed by atoms with Crippen LogP contribution in [0.3, 0.4) is 0 Å². The van der Waals surface area contributed by atoms with Gasteiger partial charge in [-0.2, -0.15) is 5.10 Å². The second-order valence-electron chi connectivity index (χ2n) is 6.00. The van der Waals surface area contributed by atoms with Crippen molar-refractivity contribution >= 4 is 11.7 Å². The molecule has 24 heavy (non-hydrogen) atoms. The molecule has 2 aromatic rings. The summed E-state index contributed by atoms with van der Waals surface area (Å²) in [5.41, 5.74) is -0.931. The number of rotatable bonds is 7. The van der Waals surface area contributed by atoms with Gasteiger partial charge in [0, 0.05) is 45.0 Å². The van der Waals surface area contributed by atoms with E-state index in [4.69, 9.17) is 0 Å². The number of aryl methyl sites for hydroxylation is 1. The first-order valence-corrected chi connectivity index (χ1v) is 7.97. The van der Waals surface area contributed by atoms with Gasteiger partial charge in [0.1, 0.15) is 24.1 Å². The maximum Gasteiger partial charge on any atom is 0.220 e. The summed E-state index contributed by atoms with van der Waals surface area (Å²) in [7, 11) is 0. The van der Waals surface area contributed by atoms with Crippen molar-refractivity contribution in [1.29, 1.82) is 0 Å². The molecular weight excluding hydrogens is 310 g/mol. The molecule has 1 unspecified atom stereocenters. The lowest BCUT2D eigenvalue weighted by Crippen LogP contribution is -2.45. The Hall–Kier alpha value is -2.55. The van der Waals surface area contributed by atoms with E-state index in [1.807, 2.05) is 4.90 Å². The molecule has 2 N–H and O–H groups in total. The van der Waals surface area contributed by atoms with Crippen LogP contribution in [0.4, 0.5) is 5.82 Å². The highest BCUT2D eigenvalue weighted by molar-refractivity contribution is 5.75. The van der Waals surface area contributed by atoms with Gasteiger partial charge in [0.2, 0.25) is 5.91 Å². The normalized spacial score (nSPS) is 20.3. The summed E-state index contributed by atoms with van der Waals surface area (Å²) in [6.45, 7) is 2.02. The standard InChI is InChI=1S/C15H21N7O2/c23-14(2-1-6-22-12-17-11-20-22)19-9-15(24)3-7-21(10-15)13-8-16-4-5-18-13/h4-5,8,11-12,24H,1-3,6-7,9-10H2,(H,19,23).